The lowest BCUT2D eigenvalue weighted by molar-refractivity contribution is -0.0962. The summed E-state index contributed by atoms with van der Waals surface area (Å²) in [6, 6.07) is 16.1. The predicted molar refractivity (Wildman–Crippen MR) is 143 cm³/mol. The van der Waals surface area contributed by atoms with Gasteiger partial charge in [0.1, 0.15) is 0 Å². The van der Waals surface area contributed by atoms with E-state index in [1.165, 1.54) is 0 Å². The molecule has 2 heterocycles. The van der Waals surface area contributed by atoms with E-state index in [1.807, 2.05) is 62.4 Å². The van der Waals surface area contributed by atoms with Crippen LogP contribution in [0.4, 0.5) is 8.78 Å². The minimum atomic E-state index is -3.31. The number of alkyl halides is 2. The molecule has 2 aliphatic rings. The highest BCUT2D eigenvalue weighted by Crippen LogP contribution is 2.66. The maximum atomic E-state index is 15.9. The molecular weight excluding hydrogens is 461 g/mol. The predicted octanol–water partition coefficient (Wildman–Crippen LogP) is 7.15. The Morgan fingerprint density at radius 1 is 1.00 bits per heavy atom. The molecule has 0 bridgehead atoms. The molecule has 1 aromatic heterocycles. The molecule has 6 rings (SSSR count). The number of aliphatic hydroxyl groups is 1. The lowest BCUT2D eigenvalue weighted by atomic mass is 9.83. The lowest BCUT2D eigenvalue weighted by Gasteiger charge is -2.33. The van der Waals surface area contributed by atoms with Crippen LogP contribution in [0.15, 0.2) is 91.2 Å². The fraction of sp³-hybridized carbons (Fsp3) is 0.207. The van der Waals surface area contributed by atoms with E-state index in [0.29, 0.717) is 21.6 Å². The number of allylic oxidation sites excluding steroid dienone is 6. The first-order valence-corrected chi connectivity index (χ1v) is 13.6. The Kier molecular flexibility index (Phi) is 5.94. The van der Waals surface area contributed by atoms with Gasteiger partial charge in [0.05, 0.1) is 17.4 Å². The first-order valence-electron chi connectivity index (χ1n) is 11.8. The molecule has 35 heavy (non-hydrogen) atoms. The Morgan fingerprint density at radius 3 is 2.63 bits per heavy atom. The molecule has 0 saturated carbocycles. The molecule has 6 heteroatoms. The number of fused-ring (bicyclic) bond motifs is 4. The number of nitrogens with zero attached hydrogens (tertiary/aromatic N) is 2. The van der Waals surface area contributed by atoms with Gasteiger partial charge in [-0.25, -0.2) is 4.68 Å². The van der Waals surface area contributed by atoms with Crippen molar-refractivity contribution >= 4 is 40.6 Å². The summed E-state index contributed by atoms with van der Waals surface area (Å²) >= 11 is 0. The zero-order chi connectivity index (χ0) is 24.8. The van der Waals surface area contributed by atoms with Crippen LogP contribution in [0.1, 0.15) is 31.4 Å². The van der Waals surface area contributed by atoms with Crippen LogP contribution < -0.4 is 5.30 Å². The highest BCUT2D eigenvalue weighted by molar-refractivity contribution is 7.66. The van der Waals surface area contributed by atoms with Crippen molar-refractivity contribution in [3.05, 3.63) is 102 Å². The summed E-state index contributed by atoms with van der Waals surface area (Å²) in [6.45, 7) is 5.55. The maximum Gasteiger partial charge on any atom is 0.304 e. The molecule has 0 radical (unpaired) electrons. The van der Waals surface area contributed by atoms with Gasteiger partial charge < -0.3 is 5.11 Å². The number of hydrogen-bond acceptors (Lipinski definition) is 2. The van der Waals surface area contributed by atoms with Gasteiger partial charge in [-0.15, -0.1) is 0 Å². The van der Waals surface area contributed by atoms with Crippen LogP contribution in [0, 0.1) is 0 Å². The summed E-state index contributed by atoms with van der Waals surface area (Å²) in [7, 11) is -1.89. The molecule has 3 nitrogen and oxygen atoms in total. The van der Waals surface area contributed by atoms with Crippen molar-refractivity contribution in [1.29, 1.82) is 0 Å². The van der Waals surface area contributed by atoms with Crippen molar-refractivity contribution in [3.8, 4) is 0 Å². The Hall–Kier alpha value is -3.14. The molecule has 1 aliphatic heterocycles. The number of rotatable bonds is 2. The maximum absolute atomic E-state index is 15.9. The minimum absolute atomic E-state index is 0.191. The molecule has 0 saturated heterocycles. The zero-order valence-corrected chi connectivity index (χ0v) is 20.8. The van der Waals surface area contributed by atoms with Gasteiger partial charge in [-0.2, -0.15) is 13.9 Å². The van der Waals surface area contributed by atoms with Gasteiger partial charge in [-0.1, -0.05) is 80.6 Å². The van der Waals surface area contributed by atoms with E-state index < -0.39 is 19.2 Å². The van der Waals surface area contributed by atoms with E-state index in [4.69, 9.17) is 0 Å². The first-order chi connectivity index (χ1) is 16.9. The van der Waals surface area contributed by atoms with Gasteiger partial charge in [0.15, 0.2) is 5.60 Å². The molecule has 3 aromatic carbocycles. The number of aromatic nitrogens is 2. The van der Waals surface area contributed by atoms with Crippen LogP contribution in [0.3, 0.4) is 0 Å². The molecule has 1 N–H and O–H groups in total. The number of hydrogen-bond donors (Lipinski definition) is 1. The molecule has 2 unspecified atom stereocenters. The summed E-state index contributed by atoms with van der Waals surface area (Å²) in [4.78, 5) is 0. The average Bonchev–Trinajstić information content (AvgIpc) is 3.21. The minimum Gasteiger partial charge on any atom is -0.374 e. The van der Waals surface area contributed by atoms with Gasteiger partial charge in [-0.3, -0.25) is 0 Å². The second-order valence-electron chi connectivity index (χ2n) is 8.47. The van der Waals surface area contributed by atoms with Crippen molar-refractivity contribution in [1.82, 2.24) is 9.78 Å². The van der Waals surface area contributed by atoms with E-state index >= 15 is 8.78 Å². The molecular formula is C29H27F2N2OP. The Bertz CT molecular complexity index is 1520. The summed E-state index contributed by atoms with van der Waals surface area (Å²) in [5, 5.41) is 19.1. The third kappa shape index (κ3) is 3.41. The average molecular weight is 489 g/mol. The molecule has 2 atom stereocenters. The van der Waals surface area contributed by atoms with Crippen LogP contribution in [0.25, 0.3) is 27.4 Å². The van der Waals surface area contributed by atoms with Crippen LogP contribution in [-0.4, -0.2) is 27.2 Å². The smallest absolute Gasteiger partial charge is 0.304 e. The summed E-state index contributed by atoms with van der Waals surface area (Å²) in [5.41, 5.74) is -3.48. The summed E-state index contributed by atoms with van der Waals surface area (Å²) in [6.07, 6.45) is 12.5. The number of benzene rings is 3. The molecule has 0 spiro atoms. The third-order valence-electron chi connectivity index (χ3n) is 6.69. The second-order valence-corrected chi connectivity index (χ2v) is 10.6. The zero-order valence-electron chi connectivity index (χ0n) is 19.9. The normalized spacial score (nSPS) is 22.5. The van der Waals surface area contributed by atoms with E-state index in [2.05, 4.69) is 17.3 Å². The SMILES string of the molecule is CC.CP1c2ccc3ccccc3c2C(O)(c2ccc3c(cnn3C3=CCC=CC=C3)c2)C1(F)F. The van der Waals surface area contributed by atoms with Gasteiger partial charge in [0, 0.05) is 18.9 Å². The van der Waals surface area contributed by atoms with Gasteiger partial charge in [0.2, 0.25) is 0 Å². The fourth-order valence-electron chi connectivity index (χ4n) is 4.97. The Balaban J connectivity index is 0.00000124. The highest BCUT2D eigenvalue weighted by atomic mass is 31.1. The third-order valence-corrected chi connectivity index (χ3v) is 8.96. The van der Waals surface area contributed by atoms with E-state index in [9.17, 15) is 5.11 Å². The first kappa shape index (κ1) is 23.6. The fourth-order valence-corrected chi connectivity index (χ4v) is 6.92. The summed E-state index contributed by atoms with van der Waals surface area (Å²) in [5.74, 6) is 0. The molecule has 4 aromatic rings. The highest BCUT2D eigenvalue weighted by Gasteiger charge is 2.65. The number of halogens is 2. The standard InChI is InChI=1S/C27H21F2N2OP.C2H6/c1-33-24-15-12-18-8-6-7-11-22(18)25(24)26(32,27(33,28)29)20-13-14-23-19(16-20)17-30-31(23)21-9-4-2-3-5-10-21;1-2/h2-4,6-17,32H,5H2,1H3;1-2H3. The Morgan fingerprint density at radius 2 is 1.80 bits per heavy atom. The van der Waals surface area contributed by atoms with E-state index in [1.54, 1.807) is 41.8 Å². The Labute approximate surface area is 204 Å². The van der Waals surface area contributed by atoms with Crippen LogP contribution in [0.5, 0.6) is 0 Å². The molecule has 1 aliphatic carbocycles. The molecule has 0 fully saturated rings. The van der Waals surface area contributed by atoms with Crippen molar-refractivity contribution < 1.29 is 13.9 Å². The topological polar surface area (TPSA) is 38.1 Å². The summed E-state index contributed by atoms with van der Waals surface area (Å²) < 4.78 is 33.5. The molecule has 0 amide bonds. The van der Waals surface area contributed by atoms with Gasteiger partial charge >= 0.3 is 5.66 Å². The van der Waals surface area contributed by atoms with Crippen molar-refractivity contribution in [2.45, 2.75) is 31.5 Å². The van der Waals surface area contributed by atoms with Crippen LogP contribution in [0.2, 0.25) is 0 Å². The monoisotopic (exact) mass is 488 g/mol. The van der Waals surface area contributed by atoms with Crippen LogP contribution >= 0.6 is 7.92 Å². The second kappa shape index (κ2) is 8.82. The van der Waals surface area contributed by atoms with Gasteiger partial charge in [0.25, 0.3) is 0 Å². The van der Waals surface area contributed by atoms with Crippen LogP contribution in [-0.2, 0) is 5.60 Å². The van der Waals surface area contributed by atoms with Crippen molar-refractivity contribution in [2.24, 2.45) is 0 Å². The van der Waals surface area contributed by atoms with Gasteiger partial charge in [-0.05, 0) is 52.9 Å². The largest absolute Gasteiger partial charge is 0.374 e. The van der Waals surface area contributed by atoms with Crippen molar-refractivity contribution in [3.63, 3.8) is 0 Å². The van der Waals surface area contributed by atoms with Crippen molar-refractivity contribution in [2.75, 3.05) is 6.66 Å². The lowest BCUT2D eigenvalue weighted by Crippen LogP contribution is -2.41. The van der Waals surface area contributed by atoms with E-state index in [0.717, 1.165) is 23.0 Å². The van der Waals surface area contributed by atoms with E-state index in [-0.39, 0.29) is 5.56 Å². The quantitative estimate of drug-likeness (QED) is 0.304. The molecule has 178 valence electrons.